The van der Waals surface area contributed by atoms with Gasteiger partial charge in [0.2, 0.25) is 0 Å². The minimum absolute atomic E-state index is 1.06. The van der Waals surface area contributed by atoms with Crippen LogP contribution < -0.4 is 0 Å². The molecule has 0 saturated carbocycles. The van der Waals surface area contributed by atoms with Gasteiger partial charge in [0.25, 0.3) is 0 Å². The third-order valence-corrected chi connectivity index (χ3v) is 3.75. The summed E-state index contributed by atoms with van der Waals surface area (Å²) in [5.74, 6) is 0. The molecule has 0 aliphatic carbocycles. The molecule has 0 atom stereocenters. The van der Waals surface area contributed by atoms with Crippen molar-refractivity contribution < 1.29 is 0 Å². The standard InChI is InChI=1S/C18H13N/c1-12-5-4-7-13-9-10-17-15(18(12)13)11-14-6-2-3-8-16(14)19-17/h2-11H,1H3. The molecular formula is C18H13N. The number of benzene rings is 3. The highest BCUT2D eigenvalue weighted by Crippen LogP contribution is 2.29. The zero-order valence-corrected chi connectivity index (χ0v) is 10.7. The molecule has 4 aromatic rings. The molecule has 0 unspecified atom stereocenters. The number of para-hydroxylation sites is 1. The predicted molar refractivity (Wildman–Crippen MR) is 81.5 cm³/mol. The fraction of sp³-hybridized carbons (Fsp3) is 0.0556. The average Bonchev–Trinajstić information content (AvgIpc) is 2.45. The van der Waals surface area contributed by atoms with E-state index >= 15 is 0 Å². The van der Waals surface area contributed by atoms with Crippen molar-refractivity contribution in [2.75, 3.05) is 0 Å². The molecule has 0 bridgehead atoms. The Balaban J connectivity index is 2.29. The van der Waals surface area contributed by atoms with E-state index < -0.39 is 0 Å². The number of aryl methyl sites for hydroxylation is 1. The van der Waals surface area contributed by atoms with Gasteiger partial charge < -0.3 is 0 Å². The van der Waals surface area contributed by atoms with Crippen molar-refractivity contribution >= 4 is 32.6 Å². The lowest BCUT2D eigenvalue weighted by Gasteiger charge is -2.07. The van der Waals surface area contributed by atoms with Gasteiger partial charge in [0.1, 0.15) is 0 Å². The summed E-state index contributed by atoms with van der Waals surface area (Å²) in [7, 11) is 0. The Morgan fingerprint density at radius 2 is 1.58 bits per heavy atom. The van der Waals surface area contributed by atoms with Crippen molar-refractivity contribution in [2.24, 2.45) is 0 Å². The first-order valence-corrected chi connectivity index (χ1v) is 6.51. The van der Waals surface area contributed by atoms with Crippen molar-refractivity contribution in [3.05, 3.63) is 66.2 Å². The van der Waals surface area contributed by atoms with Gasteiger partial charge >= 0.3 is 0 Å². The highest BCUT2D eigenvalue weighted by molar-refractivity contribution is 6.10. The zero-order valence-electron chi connectivity index (χ0n) is 10.7. The van der Waals surface area contributed by atoms with Crippen molar-refractivity contribution in [1.82, 2.24) is 4.98 Å². The molecule has 0 radical (unpaired) electrons. The molecule has 4 rings (SSSR count). The third-order valence-electron chi connectivity index (χ3n) is 3.75. The molecule has 1 nitrogen and oxygen atoms in total. The van der Waals surface area contributed by atoms with Crippen molar-refractivity contribution in [1.29, 1.82) is 0 Å². The molecule has 0 N–H and O–H groups in total. The first kappa shape index (κ1) is 10.5. The van der Waals surface area contributed by atoms with Crippen LogP contribution in [0.4, 0.5) is 0 Å². The Kier molecular flexibility index (Phi) is 2.10. The van der Waals surface area contributed by atoms with Crippen LogP contribution >= 0.6 is 0 Å². The number of pyridine rings is 1. The van der Waals surface area contributed by atoms with E-state index in [1.165, 1.54) is 27.1 Å². The fourth-order valence-electron chi connectivity index (χ4n) is 2.82. The van der Waals surface area contributed by atoms with Crippen LogP contribution in [-0.4, -0.2) is 4.98 Å². The second-order valence-electron chi connectivity index (χ2n) is 4.99. The quantitative estimate of drug-likeness (QED) is 0.318. The van der Waals surface area contributed by atoms with Crippen molar-refractivity contribution in [3.8, 4) is 0 Å². The molecule has 90 valence electrons. The summed E-state index contributed by atoms with van der Waals surface area (Å²) in [6.45, 7) is 2.16. The molecule has 1 heteroatoms. The normalized spacial score (nSPS) is 11.4. The molecule has 0 aliphatic rings. The molecule has 0 fully saturated rings. The lowest BCUT2D eigenvalue weighted by molar-refractivity contribution is 1.49. The molecule has 0 saturated heterocycles. The Bertz CT molecular complexity index is 922. The van der Waals surface area contributed by atoms with Gasteiger partial charge in [-0.1, -0.05) is 42.5 Å². The van der Waals surface area contributed by atoms with Crippen LogP contribution in [-0.2, 0) is 0 Å². The molecule has 1 heterocycles. The lowest BCUT2D eigenvalue weighted by atomic mass is 9.99. The highest BCUT2D eigenvalue weighted by atomic mass is 14.7. The van der Waals surface area contributed by atoms with E-state index in [4.69, 9.17) is 4.98 Å². The summed E-state index contributed by atoms with van der Waals surface area (Å²) >= 11 is 0. The average molecular weight is 243 g/mol. The zero-order chi connectivity index (χ0) is 12.8. The van der Waals surface area contributed by atoms with Gasteiger partial charge in [-0.3, -0.25) is 0 Å². The minimum Gasteiger partial charge on any atom is -0.248 e. The summed E-state index contributed by atoms with van der Waals surface area (Å²) in [5.41, 5.74) is 3.43. The van der Waals surface area contributed by atoms with Crippen molar-refractivity contribution in [2.45, 2.75) is 6.92 Å². The van der Waals surface area contributed by atoms with E-state index in [1.54, 1.807) is 0 Å². The van der Waals surface area contributed by atoms with Crippen LogP contribution in [0.3, 0.4) is 0 Å². The second kappa shape index (κ2) is 3.79. The van der Waals surface area contributed by atoms with Gasteiger partial charge in [-0.2, -0.15) is 0 Å². The monoisotopic (exact) mass is 243 g/mol. The van der Waals surface area contributed by atoms with Crippen LogP contribution in [0.1, 0.15) is 5.56 Å². The van der Waals surface area contributed by atoms with Gasteiger partial charge in [0.15, 0.2) is 0 Å². The smallest absolute Gasteiger partial charge is 0.0716 e. The maximum absolute atomic E-state index is 4.77. The van der Waals surface area contributed by atoms with E-state index in [2.05, 4.69) is 61.5 Å². The van der Waals surface area contributed by atoms with Crippen LogP contribution in [0.5, 0.6) is 0 Å². The summed E-state index contributed by atoms with van der Waals surface area (Å²) in [6, 6.07) is 21.3. The van der Waals surface area contributed by atoms with Gasteiger partial charge in [-0.05, 0) is 41.5 Å². The maximum Gasteiger partial charge on any atom is 0.0716 e. The Labute approximate surface area is 111 Å². The second-order valence-corrected chi connectivity index (χ2v) is 4.99. The number of nitrogens with zero attached hydrogens (tertiary/aromatic N) is 1. The summed E-state index contributed by atoms with van der Waals surface area (Å²) in [4.78, 5) is 4.77. The van der Waals surface area contributed by atoms with Crippen LogP contribution in [0.2, 0.25) is 0 Å². The molecule has 3 aromatic carbocycles. The van der Waals surface area contributed by atoms with Crippen LogP contribution in [0, 0.1) is 6.92 Å². The van der Waals surface area contributed by atoms with E-state index in [1.807, 2.05) is 6.07 Å². The van der Waals surface area contributed by atoms with Gasteiger partial charge in [0.05, 0.1) is 11.0 Å². The molecule has 0 spiro atoms. The van der Waals surface area contributed by atoms with Crippen LogP contribution in [0.15, 0.2) is 60.7 Å². The topological polar surface area (TPSA) is 12.9 Å². The van der Waals surface area contributed by atoms with E-state index in [-0.39, 0.29) is 0 Å². The molecule has 19 heavy (non-hydrogen) atoms. The SMILES string of the molecule is Cc1cccc2ccc3nc4ccccc4cc3c12. The number of aromatic nitrogens is 1. The van der Waals surface area contributed by atoms with Gasteiger partial charge in [-0.25, -0.2) is 4.98 Å². The number of hydrogen-bond acceptors (Lipinski definition) is 1. The maximum atomic E-state index is 4.77. The first-order chi connectivity index (χ1) is 9.33. The number of fused-ring (bicyclic) bond motifs is 4. The number of hydrogen-bond donors (Lipinski definition) is 0. The van der Waals surface area contributed by atoms with E-state index in [0.29, 0.717) is 0 Å². The largest absolute Gasteiger partial charge is 0.248 e. The molecular weight excluding hydrogens is 230 g/mol. The van der Waals surface area contributed by atoms with Crippen molar-refractivity contribution in [3.63, 3.8) is 0 Å². The Morgan fingerprint density at radius 1 is 0.737 bits per heavy atom. The van der Waals surface area contributed by atoms with E-state index in [0.717, 1.165) is 11.0 Å². The van der Waals surface area contributed by atoms with Gasteiger partial charge in [0, 0.05) is 10.8 Å². The summed E-state index contributed by atoms with van der Waals surface area (Å²) < 4.78 is 0. The third kappa shape index (κ3) is 1.52. The summed E-state index contributed by atoms with van der Waals surface area (Å²) in [5, 5.41) is 5.04. The van der Waals surface area contributed by atoms with Crippen LogP contribution in [0.25, 0.3) is 32.6 Å². The predicted octanol–water partition coefficient (Wildman–Crippen LogP) is 4.85. The first-order valence-electron chi connectivity index (χ1n) is 6.51. The number of rotatable bonds is 0. The Morgan fingerprint density at radius 3 is 2.53 bits per heavy atom. The van der Waals surface area contributed by atoms with Gasteiger partial charge in [-0.15, -0.1) is 0 Å². The molecule has 0 amide bonds. The van der Waals surface area contributed by atoms with E-state index in [9.17, 15) is 0 Å². The molecule has 1 aromatic heterocycles. The lowest BCUT2D eigenvalue weighted by Crippen LogP contribution is -1.86. The Hall–Kier alpha value is -2.41. The molecule has 0 aliphatic heterocycles. The highest BCUT2D eigenvalue weighted by Gasteiger charge is 2.05. The minimum atomic E-state index is 1.06. The fourth-order valence-corrected chi connectivity index (χ4v) is 2.82. The summed E-state index contributed by atoms with van der Waals surface area (Å²) in [6.07, 6.45) is 0.